The highest BCUT2D eigenvalue weighted by atomic mass is 32.2. The monoisotopic (exact) mass is 496 g/mol. The maximum Gasteiger partial charge on any atom is 0.274 e. The Kier molecular flexibility index (Phi) is 7.18. The smallest absolute Gasteiger partial charge is 0.274 e. The number of ether oxygens (including phenoxy) is 1. The van der Waals surface area contributed by atoms with Gasteiger partial charge in [-0.2, -0.15) is 5.10 Å². The third-order valence-corrected chi connectivity index (χ3v) is 6.69. The van der Waals surface area contributed by atoms with Crippen LogP contribution in [0, 0.1) is 0 Å². The molecule has 0 fully saturated rings. The molecule has 10 nitrogen and oxygen atoms in total. The summed E-state index contributed by atoms with van der Waals surface area (Å²) < 4.78 is 6.99. The van der Waals surface area contributed by atoms with Gasteiger partial charge in [-0.15, -0.1) is 10.2 Å². The number of nitrogens with one attached hydrogen (secondary N) is 2. The molecule has 0 saturated carbocycles. The van der Waals surface area contributed by atoms with E-state index in [1.165, 1.54) is 34.9 Å². The van der Waals surface area contributed by atoms with E-state index in [1.807, 2.05) is 6.07 Å². The number of hydrogen-bond acceptors (Lipinski definition) is 9. The molecule has 2 heterocycles. The number of methoxy groups -OCH3 is 1. The second-order valence-electron chi connectivity index (χ2n) is 7.06. The molecular formula is C22H20N6O4S2. The standard InChI is InChI=1S/C22H20N6O4S2/c1-28-20(31)14-8-4-3-7-13(14)16(27-28)11-18(29)24-21-25-26-22(34-21)33-12-19(30)23-15-9-5-6-10-17(15)32-2/h3-10H,11-12H2,1-2H3,(H,23,30)(H,24,25,29). The van der Waals surface area contributed by atoms with E-state index in [4.69, 9.17) is 4.74 Å². The normalized spacial score (nSPS) is 10.8. The van der Waals surface area contributed by atoms with E-state index in [9.17, 15) is 14.4 Å². The Morgan fingerprint density at radius 1 is 1.03 bits per heavy atom. The van der Waals surface area contributed by atoms with Gasteiger partial charge >= 0.3 is 0 Å². The van der Waals surface area contributed by atoms with Gasteiger partial charge in [0.25, 0.3) is 5.56 Å². The average Bonchev–Trinajstić information content (AvgIpc) is 3.28. The molecule has 0 unspecified atom stereocenters. The van der Waals surface area contributed by atoms with Gasteiger partial charge in [-0.3, -0.25) is 14.4 Å². The number of amides is 2. The van der Waals surface area contributed by atoms with Crippen LogP contribution in [0.3, 0.4) is 0 Å². The van der Waals surface area contributed by atoms with E-state index in [2.05, 4.69) is 25.9 Å². The lowest BCUT2D eigenvalue weighted by atomic mass is 10.1. The van der Waals surface area contributed by atoms with Gasteiger partial charge < -0.3 is 15.4 Å². The van der Waals surface area contributed by atoms with Crippen molar-refractivity contribution in [3.8, 4) is 5.75 Å². The van der Waals surface area contributed by atoms with Gasteiger partial charge in [0.1, 0.15) is 5.75 Å². The van der Waals surface area contributed by atoms with Crippen LogP contribution in [0.5, 0.6) is 5.75 Å². The van der Waals surface area contributed by atoms with E-state index in [1.54, 1.807) is 49.5 Å². The van der Waals surface area contributed by atoms with Crippen LogP contribution in [0.25, 0.3) is 10.8 Å². The number of aryl methyl sites for hydroxylation is 1. The zero-order valence-electron chi connectivity index (χ0n) is 18.3. The van der Waals surface area contributed by atoms with Crippen LogP contribution in [-0.2, 0) is 23.1 Å². The molecule has 0 atom stereocenters. The van der Waals surface area contributed by atoms with Crippen molar-refractivity contribution >= 4 is 56.5 Å². The highest BCUT2D eigenvalue weighted by molar-refractivity contribution is 8.01. The molecular weight excluding hydrogens is 476 g/mol. The molecule has 0 bridgehead atoms. The minimum atomic E-state index is -0.335. The number of benzene rings is 2. The van der Waals surface area contributed by atoms with E-state index < -0.39 is 0 Å². The second-order valence-corrected chi connectivity index (χ2v) is 9.26. The summed E-state index contributed by atoms with van der Waals surface area (Å²) in [5.41, 5.74) is 0.850. The van der Waals surface area contributed by atoms with Crippen LogP contribution in [0.2, 0.25) is 0 Å². The van der Waals surface area contributed by atoms with Crippen molar-refractivity contribution in [1.82, 2.24) is 20.0 Å². The van der Waals surface area contributed by atoms with Crippen LogP contribution >= 0.6 is 23.1 Å². The van der Waals surface area contributed by atoms with Crippen LogP contribution in [0.4, 0.5) is 10.8 Å². The van der Waals surface area contributed by atoms with Crippen LogP contribution in [-0.4, -0.2) is 44.7 Å². The third-order valence-electron chi connectivity index (χ3n) is 4.72. The molecule has 0 spiro atoms. The molecule has 174 valence electrons. The van der Waals surface area contributed by atoms with E-state index >= 15 is 0 Å². The lowest BCUT2D eigenvalue weighted by Gasteiger charge is -2.08. The molecule has 12 heteroatoms. The summed E-state index contributed by atoms with van der Waals surface area (Å²) in [6.07, 6.45) is -0.0298. The Morgan fingerprint density at radius 2 is 1.76 bits per heavy atom. The zero-order chi connectivity index (χ0) is 24.1. The van der Waals surface area contributed by atoms with Crippen molar-refractivity contribution in [2.75, 3.05) is 23.5 Å². The number of nitrogens with zero attached hydrogens (tertiary/aromatic N) is 4. The van der Waals surface area contributed by atoms with Crippen LogP contribution in [0.1, 0.15) is 5.69 Å². The number of rotatable bonds is 8. The molecule has 34 heavy (non-hydrogen) atoms. The molecule has 2 aromatic carbocycles. The van der Waals surface area contributed by atoms with Crippen molar-refractivity contribution in [3.05, 3.63) is 64.6 Å². The number of thioether (sulfide) groups is 1. The Balaban J connectivity index is 1.35. The lowest BCUT2D eigenvalue weighted by molar-refractivity contribution is -0.116. The number of para-hydroxylation sites is 2. The summed E-state index contributed by atoms with van der Waals surface area (Å²) in [7, 11) is 3.09. The van der Waals surface area contributed by atoms with Crippen molar-refractivity contribution < 1.29 is 14.3 Å². The van der Waals surface area contributed by atoms with Crippen molar-refractivity contribution in [2.45, 2.75) is 10.8 Å². The summed E-state index contributed by atoms with van der Waals surface area (Å²) in [5.74, 6) is 0.137. The summed E-state index contributed by atoms with van der Waals surface area (Å²) in [4.78, 5) is 37.1. The molecule has 0 radical (unpaired) electrons. The Morgan fingerprint density at radius 3 is 2.56 bits per heavy atom. The maximum absolute atomic E-state index is 12.6. The number of carbonyl (C=O) groups excluding carboxylic acids is 2. The van der Waals surface area contributed by atoms with Crippen LogP contribution in [0.15, 0.2) is 57.7 Å². The van der Waals surface area contributed by atoms with Crippen molar-refractivity contribution in [2.24, 2.45) is 7.05 Å². The Hall–Kier alpha value is -3.77. The second kappa shape index (κ2) is 10.4. The quantitative estimate of drug-likeness (QED) is 0.282. The zero-order valence-corrected chi connectivity index (χ0v) is 19.9. The fourth-order valence-corrected chi connectivity index (χ4v) is 4.77. The molecule has 0 aliphatic rings. The fourth-order valence-electron chi connectivity index (χ4n) is 3.20. The topological polar surface area (TPSA) is 128 Å². The van der Waals surface area contributed by atoms with E-state index in [0.29, 0.717) is 37.4 Å². The number of carbonyl (C=O) groups is 2. The molecule has 0 aliphatic carbocycles. The predicted octanol–water partition coefficient (Wildman–Crippen LogP) is 2.71. The van der Waals surface area contributed by atoms with Gasteiger partial charge in [-0.1, -0.05) is 53.4 Å². The summed E-state index contributed by atoms with van der Waals surface area (Å²) in [5, 5.41) is 19.2. The van der Waals surface area contributed by atoms with Gasteiger partial charge in [0, 0.05) is 12.4 Å². The summed E-state index contributed by atoms with van der Waals surface area (Å²) >= 11 is 2.37. The molecule has 0 saturated heterocycles. The Labute approximate surface area is 202 Å². The fraction of sp³-hybridized carbons (Fsp3) is 0.182. The summed E-state index contributed by atoms with van der Waals surface area (Å²) in [6.45, 7) is 0. The number of hydrogen-bond donors (Lipinski definition) is 2. The largest absolute Gasteiger partial charge is 0.495 e. The van der Waals surface area contributed by atoms with Crippen molar-refractivity contribution in [1.29, 1.82) is 0 Å². The first kappa shape index (κ1) is 23.4. The van der Waals surface area contributed by atoms with Gasteiger partial charge in [0.05, 0.1) is 36.1 Å². The average molecular weight is 497 g/mol. The predicted molar refractivity (Wildman–Crippen MR) is 132 cm³/mol. The maximum atomic E-state index is 12.6. The molecule has 0 aliphatic heterocycles. The lowest BCUT2D eigenvalue weighted by Crippen LogP contribution is -2.24. The van der Waals surface area contributed by atoms with E-state index in [-0.39, 0.29) is 29.5 Å². The van der Waals surface area contributed by atoms with E-state index in [0.717, 1.165) is 0 Å². The first-order chi connectivity index (χ1) is 16.4. The first-order valence-corrected chi connectivity index (χ1v) is 11.9. The molecule has 4 rings (SSSR count). The molecule has 4 aromatic rings. The molecule has 2 aromatic heterocycles. The molecule has 2 N–H and O–H groups in total. The summed E-state index contributed by atoms with van der Waals surface area (Å²) in [6, 6.07) is 14.2. The number of anilines is 2. The highest BCUT2D eigenvalue weighted by Gasteiger charge is 2.15. The van der Waals surface area contributed by atoms with Crippen molar-refractivity contribution in [3.63, 3.8) is 0 Å². The third kappa shape index (κ3) is 5.41. The van der Waals surface area contributed by atoms with Crippen LogP contribution < -0.4 is 20.9 Å². The first-order valence-electron chi connectivity index (χ1n) is 10.1. The minimum absolute atomic E-state index is 0.0298. The van der Waals surface area contributed by atoms with Gasteiger partial charge in [0.2, 0.25) is 16.9 Å². The molecule has 2 amide bonds. The SMILES string of the molecule is COc1ccccc1NC(=O)CSc1nnc(NC(=O)Cc2nn(C)c(=O)c3ccccc23)s1. The minimum Gasteiger partial charge on any atom is -0.495 e. The highest BCUT2D eigenvalue weighted by Crippen LogP contribution is 2.27. The number of aromatic nitrogens is 4. The van der Waals surface area contributed by atoms with Gasteiger partial charge in [-0.05, 0) is 18.2 Å². The van der Waals surface area contributed by atoms with Gasteiger partial charge in [0.15, 0.2) is 4.34 Å². The Bertz CT molecular complexity index is 1420. The van der Waals surface area contributed by atoms with Gasteiger partial charge in [-0.25, -0.2) is 4.68 Å². The number of fused-ring (bicyclic) bond motifs is 1.